The number of carbonyl (C=O) groups excluding carboxylic acids is 2. The Balaban J connectivity index is 1.33. The molecule has 1 aromatic rings. The number of nitrogens with zero attached hydrogens (tertiary/aromatic N) is 2. The van der Waals surface area contributed by atoms with Gasteiger partial charge in [0.25, 0.3) is 5.91 Å². The van der Waals surface area contributed by atoms with Crippen molar-refractivity contribution in [2.24, 2.45) is 5.92 Å². The normalized spacial score (nSPS) is 22.0. The minimum absolute atomic E-state index is 0.00113. The lowest BCUT2D eigenvalue weighted by molar-refractivity contribution is -0.137. The first kappa shape index (κ1) is 24.2. The molecule has 3 fully saturated rings. The maximum Gasteiger partial charge on any atom is 0.251 e. The molecule has 4 rings (SSSR count). The molecule has 1 N–H and O–H groups in total. The lowest BCUT2D eigenvalue weighted by atomic mass is 9.87. The van der Waals surface area contributed by atoms with Gasteiger partial charge in [-0.1, -0.05) is 38.2 Å². The Kier molecular flexibility index (Phi) is 8.07. The molecule has 33 heavy (non-hydrogen) atoms. The van der Waals surface area contributed by atoms with E-state index < -0.39 is 10.0 Å². The van der Waals surface area contributed by atoms with Crippen LogP contribution in [-0.4, -0.2) is 61.7 Å². The van der Waals surface area contributed by atoms with Gasteiger partial charge in [-0.25, -0.2) is 8.42 Å². The monoisotopic (exact) mass is 475 g/mol. The van der Waals surface area contributed by atoms with Gasteiger partial charge in [-0.2, -0.15) is 4.31 Å². The molecule has 0 atom stereocenters. The Bertz CT molecular complexity index is 927. The van der Waals surface area contributed by atoms with Crippen LogP contribution >= 0.6 is 0 Å². The molecule has 2 aliphatic heterocycles. The van der Waals surface area contributed by atoms with Crippen LogP contribution in [0.15, 0.2) is 29.2 Å². The van der Waals surface area contributed by atoms with Crippen LogP contribution in [-0.2, 0) is 14.8 Å². The number of hydrogen-bond acceptors (Lipinski definition) is 4. The third-order valence-electron chi connectivity index (χ3n) is 7.40. The zero-order valence-corrected chi connectivity index (χ0v) is 20.3. The van der Waals surface area contributed by atoms with Crippen molar-refractivity contribution >= 4 is 21.8 Å². The summed E-state index contributed by atoms with van der Waals surface area (Å²) in [6.07, 6.45) is 10.9. The van der Waals surface area contributed by atoms with Crippen LogP contribution in [0.25, 0.3) is 0 Å². The fourth-order valence-corrected chi connectivity index (χ4v) is 6.91. The van der Waals surface area contributed by atoms with E-state index in [4.69, 9.17) is 0 Å². The molecule has 1 saturated carbocycles. The molecular formula is C25H37N3O4S. The van der Waals surface area contributed by atoms with Gasteiger partial charge in [0, 0.05) is 43.7 Å². The number of nitrogens with one attached hydrogen (secondary N) is 1. The molecule has 2 saturated heterocycles. The first-order valence-electron chi connectivity index (χ1n) is 12.6. The molecule has 1 aliphatic carbocycles. The highest BCUT2D eigenvalue weighted by atomic mass is 32.2. The van der Waals surface area contributed by atoms with E-state index >= 15 is 0 Å². The Morgan fingerprint density at radius 1 is 0.818 bits per heavy atom. The zero-order valence-electron chi connectivity index (χ0n) is 19.5. The van der Waals surface area contributed by atoms with Gasteiger partial charge in [-0.3, -0.25) is 9.59 Å². The minimum atomic E-state index is -3.59. The molecule has 8 heteroatoms. The highest BCUT2D eigenvalue weighted by molar-refractivity contribution is 7.89. The maximum absolute atomic E-state index is 13.1. The second kappa shape index (κ2) is 11.0. The SMILES string of the molecule is O=C(NC1CCN(C(=O)C2CCCCC2)CC1)c1cccc(S(=O)(=O)N2CCCCCC2)c1. The average Bonchev–Trinajstić information content (AvgIpc) is 3.15. The topological polar surface area (TPSA) is 86.8 Å². The molecule has 2 amide bonds. The maximum atomic E-state index is 13.1. The van der Waals surface area contributed by atoms with Gasteiger partial charge in [-0.05, 0) is 56.7 Å². The smallest absolute Gasteiger partial charge is 0.251 e. The van der Waals surface area contributed by atoms with Crippen molar-refractivity contribution in [1.29, 1.82) is 0 Å². The number of carbonyl (C=O) groups is 2. The Labute approximate surface area is 198 Å². The van der Waals surface area contributed by atoms with Crippen LogP contribution in [0.2, 0.25) is 0 Å². The van der Waals surface area contributed by atoms with E-state index in [9.17, 15) is 18.0 Å². The average molecular weight is 476 g/mol. The predicted molar refractivity (Wildman–Crippen MR) is 127 cm³/mol. The predicted octanol–water partition coefficient (Wildman–Crippen LogP) is 3.55. The van der Waals surface area contributed by atoms with Crippen molar-refractivity contribution in [3.63, 3.8) is 0 Å². The number of piperidine rings is 1. The number of benzene rings is 1. The summed E-state index contributed by atoms with van der Waals surface area (Å²) in [5.41, 5.74) is 0.367. The van der Waals surface area contributed by atoms with Crippen molar-refractivity contribution in [2.75, 3.05) is 26.2 Å². The largest absolute Gasteiger partial charge is 0.349 e. The molecule has 2 heterocycles. The van der Waals surface area contributed by atoms with Crippen LogP contribution in [0.1, 0.15) is 81.0 Å². The minimum Gasteiger partial charge on any atom is -0.349 e. The molecule has 0 aromatic heterocycles. The summed E-state index contributed by atoms with van der Waals surface area (Å²) in [6, 6.07) is 6.38. The third kappa shape index (κ3) is 5.96. The Hall–Kier alpha value is -1.93. The standard InChI is InChI=1S/C25H37N3O4S/c29-24(26-22-13-17-27(18-14-22)25(30)20-9-4-3-5-10-20)21-11-8-12-23(19-21)33(31,32)28-15-6-1-2-7-16-28/h8,11-12,19-20,22H,1-7,9-10,13-18H2,(H,26,29). The van der Waals surface area contributed by atoms with Crippen molar-refractivity contribution in [1.82, 2.24) is 14.5 Å². The van der Waals surface area contributed by atoms with Gasteiger partial charge in [0.05, 0.1) is 4.90 Å². The molecule has 1 aromatic carbocycles. The second-order valence-corrected chi connectivity index (χ2v) is 11.7. The fourth-order valence-electron chi connectivity index (χ4n) is 5.35. The molecule has 0 bridgehead atoms. The van der Waals surface area contributed by atoms with Crippen molar-refractivity contribution in [2.45, 2.75) is 81.6 Å². The summed E-state index contributed by atoms with van der Waals surface area (Å²) in [5, 5.41) is 3.06. The van der Waals surface area contributed by atoms with E-state index in [1.807, 2.05) is 4.90 Å². The molecule has 182 valence electrons. The number of rotatable bonds is 5. The van der Waals surface area contributed by atoms with Crippen LogP contribution in [0, 0.1) is 5.92 Å². The fraction of sp³-hybridized carbons (Fsp3) is 0.680. The quantitative estimate of drug-likeness (QED) is 0.706. The number of likely N-dealkylation sites (tertiary alicyclic amines) is 1. The number of sulfonamides is 1. The Morgan fingerprint density at radius 3 is 2.12 bits per heavy atom. The first-order valence-corrected chi connectivity index (χ1v) is 14.1. The molecular weight excluding hydrogens is 438 g/mol. The number of hydrogen-bond donors (Lipinski definition) is 1. The molecule has 7 nitrogen and oxygen atoms in total. The van der Waals surface area contributed by atoms with Gasteiger partial charge in [0.2, 0.25) is 15.9 Å². The summed E-state index contributed by atoms with van der Waals surface area (Å²) in [6.45, 7) is 2.42. The van der Waals surface area contributed by atoms with Gasteiger partial charge in [-0.15, -0.1) is 0 Å². The van der Waals surface area contributed by atoms with Crippen LogP contribution in [0.5, 0.6) is 0 Å². The zero-order chi connectivity index (χ0) is 23.3. The lowest BCUT2D eigenvalue weighted by Crippen LogP contribution is -2.48. The molecule has 0 unspecified atom stereocenters. The third-order valence-corrected chi connectivity index (χ3v) is 9.29. The van der Waals surface area contributed by atoms with Crippen LogP contribution < -0.4 is 5.32 Å². The van der Waals surface area contributed by atoms with Crippen LogP contribution in [0.3, 0.4) is 0 Å². The first-order chi connectivity index (χ1) is 15.9. The molecule has 3 aliphatic rings. The highest BCUT2D eigenvalue weighted by Crippen LogP contribution is 2.27. The van der Waals surface area contributed by atoms with E-state index in [-0.39, 0.29) is 28.7 Å². The van der Waals surface area contributed by atoms with E-state index in [2.05, 4.69) is 5.32 Å². The molecule has 0 radical (unpaired) electrons. The van der Waals surface area contributed by atoms with Crippen molar-refractivity contribution in [3.05, 3.63) is 29.8 Å². The summed E-state index contributed by atoms with van der Waals surface area (Å²) in [5.74, 6) is 0.213. The van der Waals surface area contributed by atoms with E-state index in [1.54, 1.807) is 22.5 Å². The summed E-state index contributed by atoms with van der Waals surface area (Å²) < 4.78 is 27.7. The van der Waals surface area contributed by atoms with Crippen molar-refractivity contribution in [3.8, 4) is 0 Å². The van der Waals surface area contributed by atoms with E-state index in [1.165, 1.54) is 12.5 Å². The van der Waals surface area contributed by atoms with Gasteiger partial charge in [0.1, 0.15) is 0 Å². The second-order valence-electron chi connectivity index (χ2n) is 9.75. The summed E-state index contributed by atoms with van der Waals surface area (Å²) in [7, 11) is -3.59. The van der Waals surface area contributed by atoms with E-state index in [0.29, 0.717) is 31.7 Å². The van der Waals surface area contributed by atoms with Crippen LogP contribution in [0.4, 0.5) is 0 Å². The summed E-state index contributed by atoms with van der Waals surface area (Å²) in [4.78, 5) is 27.8. The van der Waals surface area contributed by atoms with Gasteiger partial charge in [0.15, 0.2) is 0 Å². The number of amides is 2. The Morgan fingerprint density at radius 2 is 1.45 bits per heavy atom. The van der Waals surface area contributed by atoms with Gasteiger partial charge >= 0.3 is 0 Å². The highest BCUT2D eigenvalue weighted by Gasteiger charge is 2.30. The molecule has 0 spiro atoms. The van der Waals surface area contributed by atoms with Gasteiger partial charge < -0.3 is 10.2 Å². The van der Waals surface area contributed by atoms with E-state index in [0.717, 1.165) is 64.2 Å². The lowest BCUT2D eigenvalue weighted by Gasteiger charge is -2.35. The summed E-state index contributed by atoms with van der Waals surface area (Å²) >= 11 is 0. The van der Waals surface area contributed by atoms with Crippen molar-refractivity contribution < 1.29 is 18.0 Å².